The topological polar surface area (TPSA) is 96.7 Å². The van der Waals surface area contributed by atoms with Crippen LogP contribution in [-0.4, -0.2) is 44.5 Å². The summed E-state index contributed by atoms with van der Waals surface area (Å²) in [6.07, 6.45) is 0.0382. The van der Waals surface area contributed by atoms with Crippen molar-refractivity contribution in [2.24, 2.45) is 0 Å². The number of methoxy groups -OCH3 is 1. The number of carbonyl (C=O) groups excluding carboxylic acids is 1. The summed E-state index contributed by atoms with van der Waals surface area (Å²) >= 11 is 0. The zero-order chi connectivity index (χ0) is 17.0. The van der Waals surface area contributed by atoms with E-state index in [1.54, 1.807) is 18.2 Å². The molecule has 0 aromatic heterocycles. The summed E-state index contributed by atoms with van der Waals surface area (Å²) < 4.78 is 36.5. The Bertz CT molecular complexity index is 708. The first-order valence-corrected chi connectivity index (χ1v) is 8.60. The lowest BCUT2D eigenvalue weighted by molar-refractivity contribution is -0.149. The summed E-state index contributed by atoms with van der Waals surface area (Å²) in [7, 11) is -2.31. The van der Waals surface area contributed by atoms with Gasteiger partial charge in [-0.1, -0.05) is 0 Å². The number of hydrogen-bond donors (Lipinski definition) is 0. The SMILES string of the molecule is COc1ccc(S(=O)(=O)N2CCC[C@H]2C(=O)O[C@@H](C)C#N)cc1. The molecule has 1 saturated heterocycles. The minimum Gasteiger partial charge on any atom is -0.497 e. The van der Waals surface area contributed by atoms with Gasteiger partial charge in [-0.2, -0.15) is 9.57 Å². The maximum absolute atomic E-state index is 12.7. The molecule has 124 valence electrons. The number of rotatable bonds is 5. The predicted molar refractivity (Wildman–Crippen MR) is 81.1 cm³/mol. The van der Waals surface area contributed by atoms with E-state index in [9.17, 15) is 13.2 Å². The van der Waals surface area contributed by atoms with Gasteiger partial charge in [0.2, 0.25) is 10.0 Å². The molecule has 2 atom stereocenters. The van der Waals surface area contributed by atoms with Gasteiger partial charge in [0.25, 0.3) is 0 Å². The van der Waals surface area contributed by atoms with E-state index < -0.39 is 28.1 Å². The van der Waals surface area contributed by atoms with E-state index >= 15 is 0 Å². The molecule has 0 unspecified atom stereocenters. The van der Waals surface area contributed by atoms with Crippen LogP contribution >= 0.6 is 0 Å². The summed E-state index contributed by atoms with van der Waals surface area (Å²) in [5, 5.41) is 8.71. The summed E-state index contributed by atoms with van der Waals surface area (Å²) in [4.78, 5) is 12.2. The fourth-order valence-electron chi connectivity index (χ4n) is 2.43. The smallest absolute Gasteiger partial charge is 0.325 e. The van der Waals surface area contributed by atoms with Gasteiger partial charge in [0.15, 0.2) is 6.10 Å². The summed E-state index contributed by atoms with van der Waals surface area (Å²) in [5.41, 5.74) is 0. The highest BCUT2D eigenvalue weighted by Gasteiger charge is 2.40. The van der Waals surface area contributed by atoms with E-state index in [-0.39, 0.29) is 11.4 Å². The van der Waals surface area contributed by atoms with Crippen molar-refractivity contribution in [1.29, 1.82) is 5.26 Å². The molecule has 0 amide bonds. The Labute approximate surface area is 135 Å². The number of hydrogen-bond acceptors (Lipinski definition) is 6. The first-order valence-electron chi connectivity index (χ1n) is 7.16. The molecule has 0 bridgehead atoms. The molecule has 0 N–H and O–H groups in total. The molecule has 23 heavy (non-hydrogen) atoms. The van der Waals surface area contributed by atoms with E-state index in [0.717, 1.165) is 4.31 Å². The molecular formula is C15H18N2O5S. The maximum atomic E-state index is 12.7. The molecule has 0 aliphatic carbocycles. The largest absolute Gasteiger partial charge is 0.497 e. The van der Waals surface area contributed by atoms with Crippen LogP contribution in [0.25, 0.3) is 0 Å². The van der Waals surface area contributed by atoms with Crippen molar-refractivity contribution >= 4 is 16.0 Å². The highest BCUT2D eigenvalue weighted by Crippen LogP contribution is 2.28. The van der Waals surface area contributed by atoms with Gasteiger partial charge in [0, 0.05) is 6.54 Å². The van der Waals surface area contributed by atoms with Crippen LogP contribution in [0.4, 0.5) is 0 Å². The summed E-state index contributed by atoms with van der Waals surface area (Å²) in [5.74, 6) is -0.141. The highest BCUT2D eigenvalue weighted by molar-refractivity contribution is 7.89. The van der Waals surface area contributed by atoms with Gasteiger partial charge in [0.05, 0.1) is 12.0 Å². The third-order valence-corrected chi connectivity index (χ3v) is 5.54. The minimum atomic E-state index is -3.81. The standard InChI is InChI=1S/C15H18N2O5S/c1-11(10-16)22-15(18)14-4-3-9-17(14)23(19,20)13-7-5-12(21-2)6-8-13/h5-8,11,14H,3-4,9H2,1-2H3/t11-,14-/m0/s1. The summed E-state index contributed by atoms with van der Waals surface area (Å²) in [6, 6.07) is 6.88. The molecular weight excluding hydrogens is 320 g/mol. The lowest BCUT2D eigenvalue weighted by Crippen LogP contribution is -2.42. The predicted octanol–water partition coefficient (Wildman–Crippen LogP) is 1.30. The molecule has 0 spiro atoms. The number of nitriles is 1. The molecule has 0 saturated carbocycles. The minimum absolute atomic E-state index is 0.0892. The molecule has 7 nitrogen and oxygen atoms in total. The average molecular weight is 338 g/mol. The van der Waals surface area contributed by atoms with Gasteiger partial charge in [-0.25, -0.2) is 8.42 Å². The molecule has 1 aromatic carbocycles. The first-order chi connectivity index (χ1) is 10.9. The summed E-state index contributed by atoms with van der Waals surface area (Å²) in [6.45, 7) is 1.68. The van der Waals surface area contributed by atoms with Gasteiger partial charge in [-0.05, 0) is 44.0 Å². The lowest BCUT2D eigenvalue weighted by Gasteiger charge is -2.23. The van der Waals surface area contributed by atoms with Crippen molar-refractivity contribution in [2.75, 3.05) is 13.7 Å². The molecule has 1 aliphatic heterocycles. The number of ether oxygens (including phenoxy) is 2. The van der Waals surface area contributed by atoms with Crippen LogP contribution in [0.3, 0.4) is 0 Å². The van der Waals surface area contributed by atoms with Crippen LogP contribution in [0.5, 0.6) is 5.75 Å². The average Bonchev–Trinajstić information content (AvgIpc) is 3.05. The van der Waals surface area contributed by atoms with E-state index in [1.165, 1.54) is 26.2 Å². The third-order valence-electron chi connectivity index (χ3n) is 3.62. The third kappa shape index (κ3) is 3.63. The Kier molecular flexibility index (Phi) is 5.23. The molecule has 1 aliphatic rings. The van der Waals surface area contributed by atoms with Crippen LogP contribution < -0.4 is 4.74 Å². The van der Waals surface area contributed by atoms with Gasteiger partial charge >= 0.3 is 5.97 Å². The second-order valence-corrected chi connectivity index (χ2v) is 7.05. The Balaban J connectivity index is 2.23. The molecule has 2 rings (SSSR count). The maximum Gasteiger partial charge on any atom is 0.325 e. The fraction of sp³-hybridized carbons (Fsp3) is 0.467. The van der Waals surface area contributed by atoms with Crippen LogP contribution in [0, 0.1) is 11.3 Å². The molecule has 0 radical (unpaired) electrons. The number of nitrogens with zero attached hydrogens (tertiary/aromatic N) is 2. The van der Waals surface area contributed by atoms with Crippen molar-refractivity contribution in [1.82, 2.24) is 4.31 Å². The molecule has 8 heteroatoms. The quantitative estimate of drug-likeness (QED) is 0.751. The van der Waals surface area contributed by atoms with Crippen molar-refractivity contribution in [3.05, 3.63) is 24.3 Å². The van der Waals surface area contributed by atoms with E-state index in [0.29, 0.717) is 18.6 Å². The Morgan fingerprint density at radius 2 is 2.04 bits per heavy atom. The second kappa shape index (κ2) is 6.98. The van der Waals surface area contributed by atoms with Gasteiger partial charge in [0.1, 0.15) is 17.9 Å². The lowest BCUT2D eigenvalue weighted by atomic mass is 10.2. The van der Waals surface area contributed by atoms with Crippen molar-refractivity contribution in [3.8, 4) is 11.8 Å². The number of esters is 1. The zero-order valence-electron chi connectivity index (χ0n) is 12.9. The molecule has 1 heterocycles. The fourth-order valence-corrected chi connectivity index (χ4v) is 4.07. The highest BCUT2D eigenvalue weighted by atomic mass is 32.2. The van der Waals surface area contributed by atoms with Crippen LogP contribution in [-0.2, 0) is 19.6 Å². The molecule has 1 fully saturated rings. The Morgan fingerprint density at radius 1 is 1.39 bits per heavy atom. The van der Waals surface area contributed by atoms with Gasteiger partial charge < -0.3 is 9.47 Å². The zero-order valence-corrected chi connectivity index (χ0v) is 13.7. The van der Waals surface area contributed by atoms with Crippen LogP contribution in [0.2, 0.25) is 0 Å². The second-order valence-electron chi connectivity index (χ2n) is 5.16. The Morgan fingerprint density at radius 3 is 2.61 bits per heavy atom. The van der Waals surface area contributed by atoms with Crippen molar-refractivity contribution in [3.63, 3.8) is 0 Å². The van der Waals surface area contributed by atoms with Crippen LogP contribution in [0.15, 0.2) is 29.2 Å². The van der Waals surface area contributed by atoms with E-state index in [4.69, 9.17) is 14.7 Å². The van der Waals surface area contributed by atoms with Crippen molar-refractivity contribution in [2.45, 2.75) is 36.8 Å². The molecule has 1 aromatic rings. The van der Waals surface area contributed by atoms with E-state index in [2.05, 4.69) is 0 Å². The van der Waals surface area contributed by atoms with Crippen molar-refractivity contribution < 1.29 is 22.7 Å². The number of carbonyl (C=O) groups is 1. The normalized spacial score (nSPS) is 19.8. The number of benzene rings is 1. The van der Waals surface area contributed by atoms with E-state index in [1.807, 2.05) is 0 Å². The van der Waals surface area contributed by atoms with Gasteiger partial charge in [-0.3, -0.25) is 4.79 Å². The monoisotopic (exact) mass is 338 g/mol. The van der Waals surface area contributed by atoms with Gasteiger partial charge in [-0.15, -0.1) is 0 Å². The first kappa shape index (κ1) is 17.2. The Hall–Kier alpha value is -2.11. The number of sulfonamides is 1. The van der Waals surface area contributed by atoms with Crippen LogP contribution in [0.1, 0.15) is 19.8 Å².